The Hall–Kier alpha value is -2.15. The summed E-state index contributed by atoms with van der Waals surface area (Å²) in [5, 5.41) is 2.29. The molecule has 0 saturated heterocycles. The van der Waals surface area contributed by atoms with Gasteiger partial charge in [-0.05, 0) is 28.0 Å². The SMILES string of the molecule is O=Cc1ccc2cccc3cccc-3c2c1. The number of carbonyl (C=O) groups is 1. The molecule has 0 N–H and O–H groups in total. The quantitative estimate of drug-likeness (QED) is 0.554. The molecule has 2 aliphatic rings. The van der Waals surface area contributed by atoms with Crippen molar-refractivity contribution in [1.82, 2.24) is 0 Å². The highest BCUT2D eigenvalue weighted by Crippen LogP contribution is 2.30. The molecule has 1 aromatic carbocycles. The zero-order chi connectivity index (χ0) is 11.0. The van der Waals surface area contributed by atoms with Crippen LogP contribution in [0.25, 0.3) is 21.9 Å². The van der Waals surface area contributed by atoms with Crippen LogP contribution in [-0.4, -0.2) is 6.29 Å². The Bertz CT molecular complexity index is 640. The van der Waals surface area contributed by atoms with Crippen molar-refractivity contribution in [2.75, 3.05) is 0 Å². The average molecular weight is 206 g/mol. The molecule has 1 aromatic rings. The third-order valence-corrected chi connectivity index (χ3v) is 2.90. The van der Waals surface area contributed by atoms with Crippen molar-refractivity contribution in [3.63, 3.8) is 0 Å². The van der Waals surface area contributed by atoms with E-state index in [0.717, 1.165) is 22.6 Å². The summed E-state index contributed by atoms with van der Waals surface area (Å²) >= 11 is 0. The standard InChI is InChI=1S/C15H10O/c16-10-11-7-8-13-4-1-3-12-5-2-6-14(12)15(13)9-11/h1-10H. The Labute approximate surface area is 93.7 Å². The van der Waals surface area contributed by atoms with E-state index in [-0.39, 0.29) is 0 Å². The van der Waals surface area contributed by atoms with Crippen LogP contribution in [0.1, 0.15) is 10.4 Å². The van der Waals surface area contributed by atoms with Crippen molar-refractivity contribution in [3.8, 4) is 11.1 Å². The van der Waals surface area contributed by atoms with E-state index in [4.69, 9.17) is 0 Å². The first-order chi connectivity index (χ1) is 7.88. The summed E-state index contributed by atoms with van der Waals surface area (Å²) in [6, 6.07) is 18.2. The summed E-state index contributed by atoms with van der Waals surface area (Å²) in [5.41, 5.74) is 3.13. The minimum atomic E-state index is 0.723. The Morgan fingerprint density at radius 3 is 2.50 bits per heavy atom. The van der Waals surface area contributed by atoms with Gasteiger partial charge in [-0.3, -0.25) is 4.79 Å². The van der Waals surface area contributed by atoms with E-state index in [0.29, 0.717) is 0 Å². The molecule has 0 heterocycles. The molecule has 0 radical (unpaired) electrons. The minimum absolute atomic E-state index is 0.723. The highest BCUT2D eigenvalue weighted by atomic mass is 16.1. The largest absolute Gasteiger partial charge is 0.298 e. The molecule has 0 spiro atoms. The van der Waals surface area contributed by atoms with Crippen LogP contribution in [0.2, 0.25) is 0 Å². The van der Waals surface area contributed by atoms with Crippen molar-refractivity contribution in [3.05, 3.63) is 60.2 Å². The molecular formula is C15H10O. The second-order valence-electron chi connectivity index (χ2n) is 3.89. The van der Waals surface area contributed by atoms with Gasteiger partial charge >= 0.3 is 0 Å². The van der Waals surface area contributed by atoms with Crippen LogP contribution < -0.4 is 0 Å². The van der Waals surface area contributed by atoms with E-state index in [1.54, 1.807) is 0 Å². The van der Waals surface area contributed by atoms with Gasteiger partial charge in [0.25, 0.3) is 0 Å². The van der Waals surface area contributed by atoms with Gasteiger partial charge in [0.15, 0.2) is 0 Å². The first-order valence-electron chi connectivity index (χ1n) is 5.25. The van der Waals surface area contributed by atoms with Gasteiger partial charge in [-0.25, -0.2) is 0 Å². The van der Waals surface area contributed by atoms with E-state index in [2.05, 4.69) is 24.3 Å². The summed E-state index contributed by atoms with van der Waals surface area (Å²) in [4.78, 5) is 10.8. The lowest BCUT2D eigenvalue weighted by molar-refractivity contribution is 0.112. The molecule has 0 atom stereocenters. The molecule has 16 heavy (non-hydrogen) atoms. The van der Waals surface area contributed by atoms with Crippen molar-refractivity contribution in [2.45, 2.75) is 0 Å². The van der Waals surface area contributed by atoms with Crippen LogP contribution in [0.5, 0.6) is 0 Å². The van der Waals surface area contributed by atoms with Crippen molar-refractivity contribution in [2.24, 2.45) is 0 Å². The summed E-state index contributed by atoms with van der Waals surface area (Å²) in [7, 11) is 0. The van der Waals surface area contributed by atoms with E-state index < -0.39 is 0 Å². The molecule has 2 aliphatic carbocycles. The molecule has 0 amide bonds. The molecule has 0 fully saturated rings. The Morgan fingerprint density at radius 1 is 0.875 bits per heavy atom. The van der Waals surface area contributed by atoms with Gasteiger partial charge in [-0.2, -0.15) is 0 Å². The fourth-order valence-corrected chi connectivity index (χ4v) is 2.11. The number of rotatable bonds is 1. The van der Waals surface area contributed by atoms with Gasteiger partial charge < -0.3 is 0 Å². The second kappa shape index (κ2) is 3.46. The maximum absolute atomic E-state index is 10.8. The Kier molecular flexibility index (Phi) is 1.97. The van der Waals surface area contributed by atoms with E-state index in [1.165, 1.54) is 11.1 Å². The van der Waals surface area contributed by atoms with Gasteiger partial charge in [0.2, 0.25) is 0 Å². The van der Waals surface area contributed by atoms with Crippen molar-refractivity contribution >= 4 is 17.1 Å². The van der Waals surface area contributed by atoms with E-state index in [1.807, 2.05) is 30.3 Å². The first-order valence-corrected chi connectivity index (χ1v) is 5.25. The van der Waals surface area contributed by atoms with E-state index >= 15 is 0 Å². The number of benzene rings is 1. The second-order valence-corrected chi connectivity index (χ2v) is 3.89. The van der Waals surface area contributed by atoms with Crippen molar-refractivity contribution < 1.29 is 4.79 Å². The number of aldehydes is 1. The first kappa shape index (κ1) is 9.10. The molecule has 0 aliphatic heterocycles. The van der Waals surface area contributed by atoms with Gasteiger partial charge in [0, 0.05) is 5.56 Å². The summed E-state index contributed by atoms with van der Waals surface area (Å²) in [6.07, 6.45) is 0.890. The van der Waals surface area contributed by atoms with Gasteiger partial charge in [0.05, 0.1) is 0 Å². The summed E-state index contributed by atoms with van der Waals surface area (Å²) in [6.45, 7) is 0. The van der Waals surface area contributed by atoms with Crippen LogP contribution in [0, 0.1) is 0 Å². The predicted octanol–water partition coefficient (Wildman–Crippen LogP) is 3.76. The Balaban J connectivity index is 2.48. The fraction of sp³-hybridized carbons (Fsp3) is 0. The van der Waals surface area contributed by atoms with Crippen LogP contribution in [0.4, 0.5) is 0 Å². The highest BCUT2D eigenvalue weighted by Gasteiger charge is 2.05. The monoisotopic (exact) mass is 206 g/mol. The fourth-order valence-electron chi connectivity index (χ4n) is 2.11. The smallest absolute Gasteiger partial charge is 0.150 e. The maximum atomic E-state index is 10.8. The lowest BCUT2D eigenvalue weighted by atomic mass is 10.0. The third-order valence-electron chi connectivity index (χ3n) is 2.90. The van der Waals surface area contributed by atoms with Gasteiger partial charge in [-0.1, -0.05) is 48.5 Å². The van der Waals surface area contributed by atoms with Gasteiger partial charge in [0.1, 0.15) is 6.29 Å². The molecule has 3 rings (SSSR count). The molecule has 1 nitrogen and oxygen atoms in total. The number of hydrogen-bond acceptors (Lipinski definition) is 1. The molecule has 0 bridgehead atoms. The lowest BCUT2D eigenvalue weighted by Crippen LogP contribution is -1.79. The highest BCUT2D eigenvalue weighted by molar-refractivity contribution is 5.99. The van der Waals surface area contributed by atoms with Gasteiger partial charge in [-0.15, -0.1) is 0 Å². The predicted molar refractivity (Wildman–Crippen MR) is 66.0 cm³/mol. The van der Waals surface area contributed by atoms with Crippen LogP contribution in [0.15, 0.2) is 54.6 Å². The van der Waals surface area contributed by atoms with E-state index in [9.17, 15) is 4.79 Å². The molecule has 76 valence electrons. The normalized spacial score (nSPS) is 10.8. The maximum Gasteiger partial charge on any atom is 0.150 e. The molecule has 1 heteroatoms. The number of hydrogen-bond donors (Lipinski definition) is 0. The summed E-state index contributed by atoms with van der Waals surface area (Å²) in [5.74, 6) is 0. The molecular weight excluding hydrogens is 196 g/mol. The minimum Gasteiger partial charge on any atom is -0.298 e. The average Bonchev–Trinajstić information content (AvgIpc) is 2.71. The third kappa shape index (κ3) is 1.29. The molecule has 0 aromatic heterocycles. The van der Waals surface area contributed by atoms with Crippen molar-refractivity contribution in [1.29, 1.82) is 0 Å². The number of carbonyl (C=O) groups excluding carboxylic acids is 1. The van der Waals surface area contributed by atoms with Crippen LogP contribution in [0.3, 0.4) is 0 Å². The molecule has 0 saturated carbocycles. The molecule has 0 unspecified atom stereocenters. The zero-order valence-corrected chi connectivity index (χ0v) is 8.68. The lowest BCUT2D eigenvalue weighted by Gasteiger charge is -1.99. The number of fused-ring (bicyclic) bond motifs is 3. The summed E-state index contributed by atoms with van der Waals surface area (Å²) < 4.78 is 0. The Morgan fingerprint density at radius 2 is 1.69 bits per heavy atom. The van der Waals surface area contributed by atoms with Crippen LogP contribution in [-0.2, 0) is 0 Å². The van der Waals surface area contributed by atoms with Crippen LogP contribution >= 0.6 is 0 Å². The zero-order valence-electron chi connectivity index (χ0n) is 8.68. The topological polar surface area (TPSA) is 17.1 Å².